The highest BCUT2D eigenvalue weighted by Crippen LogP contribution is 2.47. The molecule has 4 rings (SSSR count). The van der Waals surface area contributed by atoms with E-state index >= 15 is 0 Å². The van der Waals surface area contributed by atoms with E-state index in [-0.39, 0.29) is 11.2 Å². The van der Waals surface area contributed by atoms with Crippen LogP contribution in [0.1, 0.15) is 32.4 Å². The Hall–Kier alpha value is -2.02. The van der Waals surface area contributed by atoms with E-state index in [0.717, 1.165) is 37.0 Å². The minimum Gasteiger partial charge on any atom is -0.352 e. The predicted octanol–water partition coefficient (Wildman–Crippen LogP) is 2.69. The standard InChI is InChI=1S/C19H25N5OS/c1-14(26-17-5-3-4-8-20-17)18(25)24-11-9-23(10-12-24)16-13-15(21-22-16)19(2)6-7-19/h3-5,8,13-14H,6-7,9-12H2,1-2H3,(H,21,22). The van der Waals surface area contributed by atoms with Crippen LogP contribution >= 0.6 is 11.8 Å². The first-order valence-electron chi connectivity index (χ1n) is 9.22. The average molecular weight is 372 g/mol. The minimum atomic E-state index is -0.122. The van der Waals surface area contributed by atoms with Crippen molar-refractivity contribution >= 4 is 23.5 Å². The zero-order valence-corrected chi connectivity index (χ0v) is 16.1. The molecule has 1 atom stereocenters. The molecule has 1 N–H and O–H groups in total. The molecule has 2 fully saturated rings. The van der Waals surface area contributed by atoms with Gasteiger partial charge in [0.25, 0.3) is 0 Å². The fourth-order valence-electron chi connectivity index (χ4n) is 3.30. The first-order valence-corrected chi connectivity index (χ1v) is 10.1. The van der Waals surface area contributed by atoms with E-state index < -0.39 is 0 Å². The van der Waals surface area contributed by atoms with Crippen molar-refractivity contribution < 1.29 is 4.79 Å². The first kappa shape index (κ1) is 17.4. The molecular weight excluding hydrogens is 346 g/mol. The van der Waals surface area contributed by atoms with Gasteiger partial charge in [0.05, 0.1) is 10.3 Å². The second-order valence-corrected chi connectivity index (χ2v) is 8.80. The minimum absolute atomic E-state index is 0.122. The van der Waals surface area contributed by atoms with Crippen LogP contribution < -0.4 is 4.90 Å². The summed E-state index contributed by atoms with van der Waals surface area (Å²) < 4.78 is 0. The van der Waals surface area contributed by atoms with Crippen LogP contribution in [0.5, 0.6) is 0 Å². The molecule has 6 nitrogen and oxygen atoms in total. The van der Waals surface area contributed by atoms with E-state index in [9.17, 15) is 4.79 Å². The summed E-state index contributed by atoms with van der Waals surface area (Å²) in [5.74, 6) is 1.20. The molecule has 1 saturated heterocycles. The molecule has 1 aliphatic heterocycles. The van der Waals surface area contributed by atoms with Crippen molar-refractivity contribution in [3.05, 3.63) is 36.2 Å². The molecular formula is C19H25N5OS. The van der Waals surface area contributed by atoms with Crippen LogP contribution in [0.3, 0.4) is 0 Å². The van der Waals surface area contributed by atoms with E-state index in [2.05, 4.69) is 33.1 Å². The number of nitrogens with zero attached hydrogens (tertiary/aromatic N) is 4. The average Bonchev–Trinajstić information content (AvgIpc) is 3.22. The Bertz CT molecular complexity index is 765. The van der Waals surface area contributed by atoms with Gasteiger partial charge in [-0.05, 0) is 31.9 Å². The van der Waals surface area contributed by atoms with Gasteiger partial charge in [0, 0.05) is 49.6 Å². The Morgan fingerprint density at radius 3 is 2.69 bits per heavy atom. The van der Waals surface area contributed by atoms with Gasteiger partial charge in [0.15, 0.2) is 5.82 Å². The molecule has 0 spiro atoms. The highest BCUT2D eigenvalue weighted by atomic mass is 32.2. The van der Waals surface area contributed by atoms with Gasteiger partial charge in [-0.2, -0.15) is 5.10 Å². The quantitative estimate of drug-likeness (QED) is 0.819. The highest BCUT2D eigenvalue weighted by Gasteiger charge is 2.41. The molecule has 2 aliphatic rings. The topological polar surface area (TPSA) is 65.1 Å². The number of nitrogens with one attached hydrogen (secondary N) is 1. The van der Waals surface area contributed by atoms with Gasteiger partial charge < -0.3 is 9.80 Å². The first-order chi connectivity index (χ1) is 12.5. The number of carbonyl (C=O) groups excluding carboxylic acids is 1. The van der Waals surface area contributed by atoms with E-state index in [1.807, 2.05) is 30.0 Å². The SMILES string of the molecule is CC(Sc1ccccn1)C(=O)N1CCN(c2cc(C3(C)CC3)[nH]n2)CC1. The maximum atomic E-state index is 12.7. The normalized spacial score (nSPS) is 20.1. The molecule has 0 bridgehead atoms. The maximum Gasteiger partial charge on any atom is 0.235 e. The van der Waals surface area contributed by atoms with Crippen LogP contribution in [0.15, 0.2) is 35.5 Å². The third-order valence-corrected chi connectivity index (χ3v) is 6.45. The number of piperazine rings is 1. The van der Waals surface area contributed by atoms with Crippen molar-refractivity contribution in [2.75, 3.05) is 31.1 Å². The summed E-state index contributed by atoms with van der Waals surface area (Å²) in [6.45, 7) is 7.38. The molecule has 26 heavy (non-hydrogen) atoms. The zero-order valence-electron chi connectivity index (χ0n) is 15.3. The number of hydrogen-bond donors (Lipinski definition) is 1. The number of rotatable bonds is 5. The lowest BCUT2D eigenvalue weighted by molar-refractivity contribution is -0.130. The van der Waals surface area contributed by atoms with Crippen molar-refractivity contribution in [2.45, 2.75) is 42.4 Å². The number of pyridine rings is 1. The molecule has 0 aromatic carbocycles. The molecule has 1 amide bonds. The lowest BCUT2D eigenvalue weighted by Crippen LogP contribution is -2.50. The summed E-state index contributed by atoms with van der Waals surface area (Å²) in [4.78, 5) is 21.3. The van der Waals surface area contributed by atoms with Crippen molar-refractivity contribution in [2.24, 2.45) is 0 Å². The monoisotopic (exact) mass is 371 g/mol. The molecule has 1 saturated carbocycles. The highest BCUT2D eigenvalue weighted by molar-refractivity contribution is 8.00. The molecule has 0 radical (unpaired) electrons. The third-order valence-electron chi connectivity index (χ3n) is 5.41. The van der Waals surface area contributed by atoms with E-state index in [4.69, 9.17) is 0 Å². The summed E-state index contributed by atoms with van der Waals surface area (Å²) >= 11 is 1.52. The van der Waals surface area contributed by atoms with Crippen molar-refractivity contribution in [1.29, 1.82) is 0 Å². The molecule has 2 aromatic heterocycles. The van der Waals surface area contributed by atoms with Crippen LogP contribution in [0.4, 0.5) is 5.82 Å². The number of carbonyl (C=O) groups is 1. The summed E-state index contributed by atoms with van der Waals surface area (Å²) in [5, 5.41) is 8.47. The van der Waals surface area contributed by atoms with Gasteiger partial charge in [-0.3, -0.25) is 9.89 Å². The number of anilines is 1. The van der Waals surface area contributed by atoms with Crippen LogP contribution in [0.25, 0.3) is 0 Å². The summed E-state index contributed by atoms with van der Waals surface area (Å²) in [5.41, 5.74) is 1.55. The summed E-state index contributed by atoms with van der Waals surface area (Å²) in [6, 6.07) is 7.97. The molecule has 1 unspecified atom stereocenters. The van der Waals surface area contributed by atoms with Gasteiger partial charge in [-0.25, -0.2) is 4.98 Å². The molecule has 138 valence electrons. The Morgan fingerprint density at radius 1 is 1.27 bits per heavy atom. The van der Waals surface area contributed by atoms with Crippen LogP contribution in [0, 0.1) is 0 Å². The lowest BCUT2D eigenvalue weighted by Gasteiger charge is -2.35. The van der Waals surface area contributed by atoms with E-state index in [1.54, 1.807) is 6.20 Å². The number of aromatic amines is 1. The summed E-state index contributed by atoms with van der Waals surface area (Å²) in [6.07, 6.45) is 4.24. The van der Waals surface area contributed by atoms with Gasteiger partial charge in [-0.1, -0.05) is 24.8 Å². The number of thioether (sulfide) groups is 1. The second kappa shape index (κ2) is 6.95. The van der Waals surface area contributed by atoms with Gasteiger partial charge in [0.1, 0.15) is 0 Å². The number of amides is 1. The van der Waals surface area contributed by atoms with Gasteiger partial charge in [0.2, 0.25) is 5.91 Å². The Kier molecular flexibility index (Phi) is 4.65. The van der Waals surface area contributed by atoms with E-state index in [0.29, 0.717) is 5.41 Å². The Labute approximate surface area is 158 Å². The number of hydrogen-bond acceptors (Lipinski definition) is 5. The van der Waals surface area contributed by atoms with Crippen molar-refractivity contribution in [1.82, 2.24) is 20.1 Å². The molecule has 2 aromatic rings. The van der Waals surface area contributed by atoms with Crippen LogP contribution in [-0.2, 0) is 10.2 Å². The van der Waals surface area contributed by atoms with Crippen LogP contribution in [0.2, 0.25) is 0 Å². The fraction of sp³-hybridized carbons (Fsp3) is 0.526. The molecule has 7 heteroatoms. The van der Waals surface area contributed by atoms with Crippen LogP contribution in [-0.4, -0.2) is 57.4 Å². The van der Waals surface area contributed by atoms with Gasteiger partial charge >= 0.3 is 0 Å². The maximum absolute atomic E-state index is 12.7. The second-order valence-electron chi connectivity index (χ2n) is 7.44. The Balaban J connectivity index is 1.31. The summed E-state index contributed by atoms with van der Waals surface area (Å²) in [7, 11) is 0. The molecule has 3 heterocycles. The lowest BCUT2D eigenvalue weighted by atomic mass is 10.1. The number of aromatic nitrogens is 3. The van der Waals surface area contributed by atoms with Crippen molar-refractivity contribution in [3.8, 4) is 0 Å². The fourth-order valence-corrected chi connectivity index (χ4v) is 4.19. The van der Waals surface area contributed by atoms with Gasteiger partial charge in [-0.15, -0.1) is 0 Å². The largest absolute Gasteiger partial charge is 0.352 e. The van der Waals surface area contributed by atoms with E-state index in [1.165, 1.54) is 30.3 Å². The smallest absolute Gasteiger partial charge is 0.235 e. The Morgan fingerprint density at radius 2 is 2.04 bits per heavy atom. The van der Waals surface area contributed by atoms with Crippen molar-refractivity contribution in [3.63, 3.8) is 0 Å². The molecule has 1 aliphatic carbocycles. The predicted molar refractivity (Wildman–Crippen MR) is 104 cm³/mol. The number of H-pyrrole nitrogens is 1. The third kappa shape index (κ3) is 3.58. The zero-order chi connectivity index (χ0) is 18.1.